The van der Waals surface area contributed by atoms with E-state index in [2.05, 4.69) is 40.4 Å². The van der Waals surface area contributed by atoms with Crippen molar-refractivity contribution in [1.82, 2.24) is 4.90 Å². The molecule has 0 aromatic carbocycles. The smallest absolute Gasteiger partial charge is 0.410 e. The Hall–Kier alpha value is -0.853. The Kier molecular flexibility index (Phi) is 7.16. The molecule has 0 saturated carbocycles. The van der Waals surface area contributed by atoms with Crippen LogP contribution in [0.1, 0.15) is 54.4 Å². The number of hydrogen-bond acceptors (Lipinski definition) is 4. The fraction of sp³-hybridized carbons (Fsp3) is 0.850. The van der Waals surface area contributed by atoms with Gasteiger partial charge >= 0.3 is 6.09 Å². The van der Waals surface area contributed by atoms with Crippen LogP contribution in [0.15, 0.2) is 12.7 Å². The first-order valence-corrected chi connectivity index (χ1v) is 12.4. The molecule has 26 heavy (non-hydrogen) atoms. The van der Waals surface area contributed by atoms with Crippen LogP contribution in [0.3, 0.4) is 0 Å². The summed E-state index contributed by atoms with van der Waals surface area (Å²) in [6.07, 6.45) is 2.91. The summed E-state index contributed by atoms with van der Waals surface area (Å²) in [5.74, 6) is 0. The maximum absolute atomic E-state index is 12.9. The van der Waals surface area contributed by atoms with Gasteiger partial charge in [-0.25, -0.2) is 4.79 Å². The summed E-state index contributed by atoms with van der Waals surface area (Å²) >= 11 is 0. The summed E-state index contributed by atoms with van der Waals surface area (Å²) in [4.78, 5) is 14.7. The van der Waals surface area contributed by atoms with Crippen LogP contribution in [0.5, 0.6) is 0 Å². The molecule has 0 unspecified atom stereocenters. The van der Waals surface area contributed by atoms with Gasteiger partial charge in [-0.1, -0.05) is 26.8 Å². The van der Waals surface area contributed by atoms with Crippen molar-refractivity contribution in [3.05, 3.63) is 12.7 Å². The summed E-state index contributed by atoms with van der Waals surface area (Å²) in [6.45, 7) is 21.7. The molecular formula is C20H39NO4Si. The minimum atomic E-state index is -1.93. The van der Waals surface area contributed by atoms with E-state index < -0.39 is 19.5 Å². The molecule has 1 rings (SSSR count). The van der Waals surface area contributed by atoms with E-state index in [0.29, 0.717) is 19.6 Å². The molecule has 0 N–H and O–H groups in total. The highest BCUT2D eigenvalue weighted by Gasteiger charge is 2.51. The predicted molar refractivity (Wildman–Crippen MR) is 109 cm³/mol. The Bertz CT molecular complexity index is 507. The lowest BCUT2D eigenvalue weighted by Crippen LogP contribution is -2.51. The van der Waals surface area contributed by atoms with Crippen molar-refractivity contribution in [3.63, 3.8) is 0 Å². The van der Waals surface area contributed by atoms with Gasteiger partial charge < -0.3 is 13.9 Å². The minimum absolute atomic E-state index is 0.0153. The van der Waals surface area contributed by atoms with Crippen LogP contribution in [0.4, 0.5) is 4.79 Å². The van der Waals surface area contributed by atoms with E-state index in [1.165, 1.54) is 0 Å². The third-order valence-electron chi connectivity index (χ3n) is 5.39. The van der Waals surface area contributed by atoms with Crippen molar-refractivity contribution in [2.24, 2.45) is 0 Å². The zero-order chi connectivity index (χ0) is 20.4. The van der Waals surface area contributed by atoms with Gasteiger partial charge in [-0.2, -0.15) is 0 Å². The van der Waals surface area contributed by atoms with E-state index in [0.717, 1.165) is 6.42 Å². The van der Waals surface area contributed by atoms with E-state index in [1.807, 2.05) is 26.8 Å². The third kappa shape index (κ3) is 5.57. The highest BCUT2D eigenvalue weighted by Crippen LogP contribution is 2.42. The third-order valence-corrected chi connectivity index (χ3v) is 9.92. The number of nitrogens with zero attached hydrogens (tertiary/aromatic N) is 1. The molecule has 0 radical (unpaired) electrons. The summed E-state index contributed by atoms with van der Waals surface area (Å²) in [5, 5.41) is 0.120. The molecule has 152 valence electrons. The molecule has 2 atom stereocenters. The van der Waals surface area contributed by atoms with Gasteiger partial charge in [0, 0.05) is 20.1 Å². The van der Waals surface area contributed by atoms with E-state index in [1.54, 1.807) is 12.0 Å². The predicted octanol–water partition coefficient (Wildman–Crippen LogP) is 4.98. The van der Waals surface area contributed by atoms with Crippen molar-refractivity contribution < 1.29 is 18.7 Å². The van der Waals surface area contributed by atoms with Crippen LogP contribution >= 0.6 is 0 Å². The van der Waals surface area contributed by atoms with Gasteiger partial charge in [0.2, 0.25) is 0 Å². The normalized spacial score (nSPS) is 24.7. The van der Waals surface area contributed by atoms with E-state index >= 15 is 0 Å². The molecule has 0 bridgehead atoms. The largest absolute Gasteiger partial charge is 0.444 e. The Morgan fingerprint density at radius 2 is 1.85 bits per heavy atom. The summed E-state index contributed by atoms with van der Waals surface area (Å²) in [6, 6.07) is 0. The van der Waals surface area contributed by atoms with Crippen molar-refractivity contribution >= 4 is 14.4 Å². The van der Waals surface area contributed by atoms with Gasteiger partial charge in [-0.3, -0.25) is 4.90 Å². The maximum Gasteiger partial charge on any atom is 0.410 e. The molecule has 0 aromatic heterocycles. The molecular weight excluding hydrogens is 346 g/mol. The number of ether oxygens (including phenoxy) is 2. The monoisotopic (exact) mass is 385 g/mol. The molecule has 5 nitrogen and oxygen atoms in total. The first kappa shape index (κ1) is 23.2. The number of hydrogen-bond donors (Lipinski definition) is 0. The van der Waals surface area contributed by atoms with Crippen molar-refractivity contribution in [3.8, 4) is 0 Å². The second-order valence-electron chi connectivity index (χ2n) is 9.95. The first-order chi connectivity index (χ1) is 11.7. The van der Waals surface area contributed by atoms with Gasteiger partial charge in [-0.15, -0.1) is 6.58 Å². The zero-order valence-electron chi connectivity index (χ0n) is 18.3. The van der Waals surface area contributed by atoms with Crippen LogP contribution in [0.2, 0.25) is 18.1 Å². The lowest BCUT2D eigenvalue weighted by Gasteiger charge is -2.38. The second kappa shape index (κ2) is 8.03. The molecule has 1 saturated heterocycles. The van der Waals surface area contributed by atoms with Gasteiger partial charge in [0.25, 0.3) is 0 Å². The van der Waals surface area contributed by atoms with E-state index in [-0.39, 0.29) is 17.2 Å². The minimum Gasteiger partial charge on any atom is -0.444 e. The molecule has 0 spiro atoms. The van der Waals surface area contributed by atoms with Crippen molar-refractivity contribution in [2.75, 3.05) is 20.3 Å². The molecule has 1 amide bonds. The lowest BCUT2D eigenvalue weighted by molar-refractivity contribution is -0.0101. The van der Waals surface area contributed by atoms with Gasteiger partial charge in [0.15, 0.2) is 8.32 Å². The topological polar surface area (TPSA) is 48.0 Å². The second-order valence-corrected chi connectivity index (χ2v) is 14.7. The van der Waals surface area contributed by atoms with Crippen molar-refractivity contribution in [1.29, 1.82) is 0 Å². The quantitative estimate of drug-likeness (QED) is 0.478. The van der Waals surface area contributed by atoms with Crippen LogP contribution < -0.4 is 0 Å². The average Bonchev–Trinajstić information content (AvgIpc) is 2.74. The van der Waals surface area contributed by atoms with Gasteiger partial charge in [0.1, 0.15) is 5.60 Å². The SMILES string of the molecule is C=CC[C@@]1(COC)C[C@@H](O[Si](C)(C)C(C)(C)C)CN1C(=O)OC(C)(C)C. The number of methoxy groups -OCH3 is 1. The van der Waals surface area contributed by atoms with Crippen LogP contribution in [-0.4, -0.2) is 56.8 Å². The molecule has 1 fully saturated rings. The fourth-order valence-corrected chi connectivity index (χ4v) is 4.52. The molecule has 0 aromatic rings. The van der Waals surface area contributed by atoms with Crippen LogP contribution in [0.25, 0.3) is 0 Å². The molecule has 6 heteroatoms. The summed E-state index contributed by atoms with van der Waals surface area (Å²) in [7, 11) is -0.268. The lowest BCUT2D eigenvalue weighted by atomic mass is 9.92. The van der Waals surface area contributed by atoms with Gasteiger partial charge in [0.05, 0.1) is 18.2 Å². The average molecular weight is 386 g/mol. The molecule has 0 aliphatic carbocycles. The van der Waals surface area contributed by atoms with E-state index in [4.69, 9.17) is 13.9 Å². The van der Waals surface area contributed by atoms with E-state index in [9.17, 15) is 4.79 Å². The Morgan fingerprint density at radius 3 is 2.27 bits per heavy atom. The number of carbonyl (C=O) groups excluding carboxylic acids is 1. The summed E-state index contributed by atoms with van der Waals surface area (Å²) in [5.41, 5.74) is -1.01. The number of carbonyl (C=O) groups is 1. The summed E-state index contributed by atoms with van der Waals surface area (Å²) < 4.78 is 17.8. The first-order valence-electron chi connectivity index (χ1n) is 9.46. The number of amides is 1. The zero-order valence-corrected chi connectivity index (χ0v) is 19.3. The molecule has 1 aliphatic heterocycles. The van der Waals surface area contributed by atoms with Crippen LogP contribution in [0, 0.1) is 0 Å². The Morgan fingerprint density at radius 1 is 1.27 bits per heavy atom. The standard InChI is InChI=1S/C20H39NO4Si/c1-11-12-20(15-23-8)13-16(25-26(9,10)19(5,6)7)14-21(20)17(22)24-18(2,3)4/h11,16H,1,12-15H2,2-10H3/t16-,20+/m1/s1. The van der Waals surface area contributed by atoms with Gasteiger partial charge in [-0.05, 0) is 45.3 Å². The highest BCUT2D eigenvalue weighted by molar-refractivity contribution is 6.74. The molecule has 1 heterocycles. The van der Waals surface area contributed by atoms with Crippen LogP contribution in [-0.2, 0) is 13.9 Å². The highest BCUT2D eigenvalue weighted by atomic mass is 28.4. The van der Waals surface area contributed by atoms with Crippen molar-refractivity contribution in [2.45, 2.75) is 89.8 Å². The Balaban J connectivity index is 3.12. The molecule has 1 aliphatic rings. The Labute approximate surface area is 161 Å². The maximum atomic E-state index is 12.9. The number of rotatable bonds is 6. The fourth-order valence-electron chi connectivity index (χ4n) is 3.18. The number of likely N-dealkylation sites (tertiary alicyclic amines) is 1.